The summed E-state index contributed by atoms with van der Waals surface area (Å²) >= 11 is 0. The molecule has 7 nitrogen and oxygen atoms in total. The number of benzene rings is 1. The molecule has 1 aromatic carbocycles. The first kappa shape index (κ1) is 17.7. The van der Waals surface area contributed by atoms with Crippen LogP contribution in [0.4, 0.5) is 5.82 Å². The van der Waals surface area contributed by atoms with Crippen molar-refractivity contribution in [2.45, 2.75) is 6.92 Å². The van der Waals surface area contributed by atoms with E-state index >= 15 is 0 Å². The summed E-state index contributed by atoms with van der Waals surface area (Å²) in [4.78, 5) is 15.9. The number of hydrogen-bond acceptors (Lipinski definition) is 5. The lowest BCUT2D eigenvalue weighted by Crippen LogP contribution is -2.28. The van der Waals surface area contributed by atoms with Gasteiger partial charge in [0, 0.05) is 6.20 Å². The number of aromatic nitrogens is 1. The number of nitrogens with zero attached hydrogens (tertiary/aromatic N) is 1. The molecule has 0 saturated heterocycles. The van der Waals surface area contributed by atoms with Crippen LogP contribution in [-0.4, -0.2) is 38.2 Å². The highest BCUT2D eigenvalue weighted by Crippen LogP contribution is 2.08. The Morgan fingerprint density at radius 3 is 2.54 bits per heavy atom. The van der Waals surface area contributed by atoms with Gasteiger partial charge in [-0.1, -0.05) is 18.2 Å². The third-order valence-electron chi connectivity index (χ3n) is 3.07. The Bertz CT molecular complexity index is 762. The Hall–Kier alpha value is -2.61. The summed E-state index contributed by atoms with van der Waals surface area (Å²) < 4.78 is 30.7. The molecular formula is C16H19N3O4S. The molecule has 0 aliphatic carbocycles. The molecular weight excluding hydrogens is 330 g/mol. The average Bonchev–Trinajstić information content (AvgIpc) is 2.60. The molecule has 128 valence electrons. The van der Waals surface area contributed by atoms with E-state index in [-0.39, 0.29) is 17.5 Å². The molecule has 0 aliphatic heterocycles. The maximum Gasteiger partial charge on any atom is 0.252 e. The molecule has 24 heavy (non-hydrogen) atoms. The number of hydrogen-bond donors (Lipinski definition) is 2. The smallest absolute Gasteiger partial charge is 0.252 e. The zero-order chi connectivity index (χ0) is 17.4. The Balaban J connectivity index is 1.80. The molecule has 1 aromatic heterocycles. The van der Waals surface area contributed by atoms with Gasteiger partial charge in [-0.2, -0.15) is 0 Å². The Labute approximate surface area is 141 Å². The zero-order valence-corrected chi connectivity index (χ0v) is 14.0. The highest BCUT2D eigenvalue weighted by atomic mass is 32.2. The molecule has 0 saturated carbocycles. The number of amides is 1. The molecule has 0 bridgehead atoms. The van der Waals surface area contributed by atoms with Gasteiger partial charge in [-0.15, -0.1) is 0 Å². The fourth-order valence-electron chi connectivity index (χ4n) is 1.77. The lowest BCUT2D eigenvalue weighted by Gasteiger charge is -2.08. The van der Waals surface area contributed by atoms with Gasteiger partial charge < -0.3 is 10.1 Å². The summed E-state index contributed by atoms with van der Waals surface area (Å²) in [7, 11) is -3.38. The molecule has 0 unspecified atom stereocenters. The van der Waals surface area contributed by atoms with Crippen LogP contribution in [0.25, 0.3) is 0 Å². The highest BCUT2D eigenvalue weighted by Gasteiger charge is 2.09. The lowest BCUT2D eigenvalue weighted by molar-refractivity contribution is 0.0946. The fourth-order valence-corrected chi connectivity index (χ4v) is 2.36. The normalized spacial score (nSPS) is 10.9. The van der Waals surface area contributed by atoms with Crippen molar-refractivity contribution >= 4 is 21.7 Å². The van der Waals surface area contributed by atoms with Crippen LogP contribution in [0.1, 0.15) is 17.3 Å². The number of carbonyl (C=O) groups is 1. The van der Waals surface area contributed by atoms with Crippen molar-refractivity contribution in [2.75, 3.05) is 23.6 Å². The van der Waals surface area contributed by atoms with E-state index in [2.05, 4.69) is 15.0 Å². The van der Waals surface area contributed by atoms with Crippen LogP contribution in [0.5, 0.6) is 5.75 Å². The Kier molecular flexibility index (Phi) is 6.14. The average molecular weight is 349 g/mol. The van der Waals surface area contributed by atoms with E-state index in [9.17, 15) is 13.2 Å². The molecule has 1 heterocycles. The number of para-hydroxylation sites is 1. The number of carbonyl (C=O) groups excluding carboxylic acids is 1. The van der Waals surface area contributed by atoms with E-state index in [1.165, 1.54) is 25.3 Å². The van der Waals surface area contributed by atoms with Crippen LogP contribution in [0.3, 0.4) is 0 Å². The van der Waals surface area contributed by atoms with Crippen LogP contribution in [-0.2, 0) is 10.0 Å². The maximum absolute atomic E-state index is 12.0. The number of anilines is 1. The molecule has 0 atom stereocenters. The van der Waals surface area contributed by atoms with Gasteiger partial charge in [0.2, 0.25) is 10.0 Å². The maximum atomic E-state index is 12.0. The zero-order valence-electron chi connectivity index (χ0n) is 13.2. The van der Waals surface area contributed by atoms with Crippen molar-refractivity contribution in [1.29, 1.82) is 0 Å². The molecule has 0 radical (unpaired) electrons. The van der Waals surface area contributed by atoms with E-state index in [4.69, 9.17) is 4.74 Å². The minimum atomic E-state index is -3.38. The van der Waals surface area contributed by atoms with Crippen LogP contribution in [0.15, 0.2) is 48.7 Å². The number of rotatable bonds is 8. The summed E-state index contributed by atoms with van der Waals surface area (Å²) in [6.45, 7) is 2.22. The molecule has 1 amide bonds. The second-order valence-electron chi connectivity index (χ2n) is 4.86. The molecule has 2 rings (SSSR count). The van der Waals surface area contributed by atoms with Gasteiger partial charge >= 0.3 is 0 Å². The summed E-state index contributed by atoms with van der Waals surface area (Å²) in [6.07, 6.45) is 1.32. The van der Waals surface area contributed by atoms with Crippen LogP contribution < -0.4 is 14.8 Å². The summed E-state index contributed by atoms with van der Waals surface area (Å²) in [6, 6.07) is 12.3. The van der Waals surface area contributed by atoms with Crippen molar-refractivity contribution in [3.8, 4) is 5.75 Å². The monoisotopic (exact) mass is 349 g/mol. The molecule has 8 heteroatoms. The first-order valence-corrected chi connectivity index (χ1v) is 9.08. The second kappa shape index (κ2) is 8.30. The van der Waals surface area contributed by atoms with Gasteiger partial charge in [0.25, 0.3) is 5.91 Å². The summed E-state index contributed by atoms with van der Waals surface area (Å²) in [5.74, 6) is 0.573. The lowest BCUT2D eigenvalue weighted by atomic mass is 10.2. The van der Waals surface area contributed by atoms with Crippen molar-refractivity contribution in [1.82, 2.24) is 10.3 Å². The number of pyridine rings is 1. The molecule has 2 aromatic rings. The number of nitrogens with one attached hydrogen (secondary N) is 2. The fraction of sp³-hybridized carbons (Fsp3) is 0.250. The standard InChI is InChI=1S/C16H19N3O4S/c1-2-24(21,22)19-15-9-8-13(12-18-15)16(20)17-10-11-23-14-6-4-3-5-7-14/h3-9,12H,2,10-11H2,1H3,(H,17,20)(H,18,19). The largest absolute Gasteiger partial charge is 0.492 e. The van der Waals surface area contributed by atoms with Crippen LogP contribution in [0, 0.1) is 0 Å². The molecule has 0 aliphatic rings. The van der Waals surface area contributed by atoms with E-state index in [0.29, 0.717) is 18.7 Å². The Morgan fingerprint density at radius 1 is 1.17 bits per heavy atom. The van der Waals surface area contributed by atoms with Gasteiger partial charge in [-0.25, -0.2) is 13.4 Å². The first-order chi connectivity index (χ1) is 11.5. The topological polar surface area (TPSA) is 97.4 Å². The SMILES string of the molecule is CCS(=O)(=O)Nc1ccc(C(=O)NCCOc2ccccc2)cn1. The first-order valence-electron chi connectivity index (χ1n) is 7.43. The van der Waals surface area contributed by atoms with Crippen molar-refractivity contribution in [2.24, 2.45) is 0 Å². The second-order valence-corrected chi connectivity index (χ2v) is 6.87. The van der Waals surface area contributed by atoms with Gasteiger partial charge in [-0.3, -0.25) is 9.52 Å². The van der Waals surface area contributed by atoms with Crippen molar-refractivity contribution in [3.63, 3.8) is 0 Å². The van der Waals surface area contributed by atoms with Gasteiger partial charge in [0.1, 0.15) is 18.2 Å². The van der Waals surface area contributed by atoms with Crippen LogP contribution in [0.2, 0.25) is 0 Å². The van der Waals surface area contributed by atoms with Gasteiger partial charge in [-0.05, 0) is 31.2 Å². The molecule has 2 N–H and O–H groups in total. The summed E-state index contributed by atoms with van der Waals surface area (Å²) in [5.41, 5.74) is 0.342. The minimum absolute atomic E-state index is 0.0433. The number of ether oxygens (including phenoxy) is 1. The van der Waals surface area contributed by atoms with E-state index in [1.54, 1.807) is 0 Å². The Morgan fingerprint density at radius 2 is 1.92 bits per heavy atom. The van der Waals surface area contributed by atoms with E-state index in [0.717, 1.165) is 5.75 Å². The summed E-state index contributed by atoms with van der Waals surface area (Å²) in [5, 5.41) is 2.71. The van der Waals surface area contributed by atoms with E-state index in [1.807, 2.05) is 30.3 Å². The van der Waals surface area contributed by atoms with Crippen LogP contribution >= 0.6 is 0 Å². The predicted octanol–water partition coefficient (Wildman–Crippen LogP) is 1.65. The predicted molar refractivity (Wildman–Crippen MR) is 91.6 cm³/mol. The van der Waals surface area contributed by atoms with Gasteiger partial charge in [0.15, 0.2) is 0 Å². The molecule has 0 fully saturated rings. The minimum Gasteiger partial charge on any atom is -0.492 e. The van der Waals surface area contributed by atoms with Crippen molar-refractivity contribution < 1.29 is 17.9 Å². The third-order valence-corrected chi connectivity index (χ3v) is 4.35. The third kappa shape index (κ3) is 5.54. The number of sulfonamides is 1. The van der Waals surface area contributed by atoms with Crippen molar-refractivity contribution in [3.05, 3.63) is 54.2 Å². The molecule has 0 spiro atoms. The highest BCUT2D eigenvalue weighted by molar-refractivity contribution is 7.92. The van der Waals surface area contributed by atoms with E-state index < -0.39 is 10.0 Å². The quantitative estimate of drug-likeness (QED) is 0.706. The van der Waals surface area contributed by atoms with Gasteiger partial charge in [0.05, 0.1) is 17.9 Å².